The fraction of sp³-hybridized carbons (Fsp3) is 0.385. The molecule has 2 heterocycles. The smallest absolute Gasteiger partial charge is 0.145 e. The summed E-state index contributed by atoms with van der Waals surface area (Å²) in [5, 5.41) is 2.02. The Balaban J connectivity index is 1.89. The maximum atomic E-state index is 5.65. The highest BCUT2D eigenvalue weighted by atomic mass is 16.5. The number of hydrogen-bond acceptors (Lipinski definition) is 6. The molecular weight excluding hydrogens is 400 g/mol. The minimum atomic E-state index is -0.292. The summed E-state index contributed by atoms with van der Waals surface area (Å²) in [5.74, 6) is 1.55. The van der Waals surface area contributed by atoms with Gasteiger partial charge in [-0.05, 0) is 30.2 Å². The molecule has 0 aliphatic rings. The Kier molecular flexibility index (Phi) is 5.49. The highest BCUT2D eigenvalue weighted by molar-refractivity contribution is 5.88. The van der Waals surface area contributed by atoms with E-state index in [0.29, 0.717) is 0 Å². The van der Waals surface area contributed by atoms with Gasteiger partial charge in [0, 0.05) is 21.6 Å². The fourth-order valence-electron chi connectivity index (χ4n) is 4.39. The second-order valence-corrected chi connectivity index (χ2v) is 9.79. The van der Waals surface area contributed by atoms with Crippen molar-refractivity contribution >= 4 is 21.8 Å². The summed E-state index contributed by atoms with van der Waals surface area (Å²) in [4.78, 5) is 18.5. The van der Waals surface area contributed by atoms with Gasteiger partial charge < -0.3 is 9.47 Å². The molecule has 0 aliphatic carbocycles. The van der Waals surface area contributed by atoms with E-state index in [1.807, 2.05) is 18.2 Å². The fourth-order valence-corrected chi connectivity index (χ4v) is 4.39. The largest absolute Gasteiger partial charge is 0.497 e. The Bertz CT molecular complexity index is 1290. The van der Waals surface area contributed by atoms with Crippen LogP contribution in [0.1, 0.15) is 51.6 Å². The minimum absolute atomic E-state index is 0.111. The standard InChI is InChI=1S/C26H30N4O2/c1-25(2,3)23-19-12-17(31-6)11-16(21(19)27-14-29-23)13-26(4,5)24-18-9-8-10-20(32-7)22(18)28-15-30-24/h8-12,14-15H,13H2,1-7H3. The molecule has 0 radical (unpaired) electrons. The SMILES string of the molecule is COc1cc(CC(C)(C)c2ncnc3c(OC)cccc23)c2ncnc(C(C)(C)C)c2c1. The van der Waals surface area contributed by atoms with Crippen molar-refractivity contribution in [3.05, 3.63) is 59.9 Å². The van der Waals surface area contributed by atoms with Gasteiger partial charge in [0.25, 0.3) is 0 Å². The van der Waals surface area contributed by atoms with Crippen molar-refractivity contribution in [2.75, 3.05) is 14.2 Å². The molecule has 0 saturated carbocycles. The lowest BCUT2D eigenvalue weighted by atomic mass is 9.79. The maximum absolute atomic E-state index is 5.65. The Morgan fingerprint density at radius 3 is 2.09 bits per heavy atom. The van der Waals surface area contributed by atoms with E-state index in [2.05, 4.69) is 61.7 Å². The average molecular weight is 431 g/mol. The third-order valence-electron chi connectivity index (χ3n) is 5.86. The molecule has 2 aromatic carbocycles. The molecule has 0 saturated heterocycles. The number of hydrogen-bond donors (Lipinski definition) is 0. The molecule has 2 aromatic heterocycles. The minimum Gasteiger partial charge on any atom is -0.497 e. The topological polar surface area (TPSA) is 70.0 Å². The molecular formula is C26H30N4O2. The van der Waals surface area contributed by atoms with Crippen molar-refractivity contribution in [2.45, 2.75) is 51.9 Å². The van der Waals surface area contributed by atoms with Crippen LogP contribution in [0.4, 0.5) is 0 Å². The van der Waals surface area contributed by atoms with Crippen LogP contribution in [-0.2, 0) is 17.3 Å². The van der Waals surface area contributed by atoms with Gasteiger partial charge in [0.15, 0.2) is 0 Å². The monoisotopic (exact) mass is 430 g/mol. The summed E-state index contributed by atoms with van der Waals surface area (Å²) in [6.07, 6.45) is 4.01. The van der Waals surface area contributed by atoms with Gasteiger partial charge in [0.1, 0.15) is 29.7 Å². The third-order valence-corrected chi connectivity index (χ3v) is 5.86. The summed E-state index contributed by atoms with van der Waals surface area (Å²) in [6, 6.07) is 10.1. The second kappa shape index (κ2) is 8.01. The van der Waals surface area contributed by atoms with E-state index in [4.69, 9.17) is 14.5 Å². The zero-order chi connectivity index (χ0) is 23.1. The first-order valence-corrected chi connectivity index (χ1v) is 10.8. The van der Waals surface area contributed by atoms with Crippen LogP contribution in [0.3, 0.4) is 0 Å². The number of fused-ring (bicyclic) bond motifs is 2. The normalized spacial score (nSPS) is 12.3. The first-order chi connectivity index (χ1) is 15.2. The molecule has 6 heteroatoms. The van der Waals surface area contributed by atoms with Crippen LogP contribution in [0.15, 0.2) is 43.0 Å². The first-order valence-electron chi connectivity index (χ1n) is 10.8. The van der Waals surface area contributed by atoms with E-state index < -0.39 is 0 Å². The Labute approximate surface area is 189 Å². The van der Waals surface area contributed by atoms with Gasteiger partial charge in [0.05, 0.1) is 31.1 Å². The molecule has 4 rings (SSSR count). The molecule has 0 N–H and O–H groups in total. The van der Waals surface area contributed by atoms with Crippen LogP contribution < -0.4 is 9.47 Å². The van der Waals surface area contributed by atoms with Crippen molar-refractivity contribution in [3.63, 3.8) is 0 Å². The number of rotatable bonds is 5. The van der Waals surface area contributed by atoms with Crippen LogP contribution in [0, 0.1) is 0 Å². The predicted molar refractivity (Wildman–Crippen MR) is 128 cm³/mol. The lowest BCUT2D eigenvalue weighted by Crippen LogP contribution is -2.23. The molecule has 0 atom stereocenters. The first kappa shape index (κ1) is 21.9. The van der Waals surface area contributed by atoms with Crippen LogP contribution >= 0.6 is 0 Å². The molecule has 32 heavy (non-hydrogen) atoms. The van der Waals surface area contributed by atoms with E-state index >= 15 is 0 Å². The Hall–Kier alpha value is -3.28. The third kappa shape index (κ3) is 3.85. The van der Waals surface area contributed by atoms with Crippen LogP contribution in [0.5, 0.6) is 11.5 Å². The van der Waals surface area contributed by atoms with Crippen LogP contribution in [0.25, 0.3) is 21.8 Å². The van der Waals surface area contributed by atoms with E-state index in [-0.39, 0.29) is 10.8 Å². The van der Waals surface area contributed by atoms with E-state index in [1.54, 1.807) is 26.9 Å². The van der Waals surface area contributed by atoms with Gasteiger partial charge in [-0.2, -0.15) is 0 Å². The second-order valence-electron chi connectivity index (χ2n) is 9.79. The van der Waals surface area contributed by atoms with Gasteiger partial charge >= 0.3 is 0 Å². The molecule has 0 spiro atoms. The van der Waals surface area contributed by atoms with Crippen molar-refractivity contribution in [1.29, 1.82) is 0 Å². The number of nitrogens with zero attached hydrogens (tertiary/aromatic N) is 4. The van der Waals surface area contributed by atoms with Crippen molar-refractivity contribution in [1.82, 2.24) is 19.9 Å². The van der Waals surface area contributed by atoms with Crippen molar-refractivity contribution in [2.24, 2.45) is 0 Å². The van der Waals surface area contributed by atoms with E-state index in [0.717, 1.165) is 56.7 Å². The number of methoxy groups -OCH3 is 2. The molecule has 0 amide bonds. The number of benzene rings is 2. The lowest BCUT2D eigenvalue weighted by Gasteiger charge is -2.27. The predicted octanol–water partition coefficient (Wildman–Crippen LogP) is 5.41. The van der Waals surface area contributed by atoms with Gasteiger partial charge in [-0.25, -0.2) is 19.9 Å². The van der Waals surface area contributed by atoms with E-state index in [1.165, 1.54) is 0 Å². The Morgan fingerprint density at radius 1 is 0.750 bits per heavy atom. The number of para-hydroxylation sites is 1. The summed E-state index contributed by atoms with van der Waals surface area (Å²) < 4.78 is 11.2. The van der Waals surface area contributed by atoms with Gasteiger partial charge in [0.2, 0.25) is 0 Å². The summed E-state index contributed by atoms with van der Waals surface area (Å²) in [5.41, 5.74) is 4.46. The zero-order valence-electron chi connectivity index (χ0n) is 19.9. The number of aromatic nitrogens is 4. The summed E-state index contributed by atoms with van der Waals surface area (Å²) in [6.45, 7) is 10.9. The summed E-state index contributed by atoms with van der Waals surface area (Å²) in [7, 11) is 3.36. The molecule has 0 unspecified atom stereocenters. The highest BCUT2D eigenvalue weighted by Gasteiger charge is 2.28. The van der Waals surface area contributed by atoms with Crippen LogP contribution in [-0.4, -0.2) is 34.2 Å². The van der Waals surface area contributed by atoms with E-state index in [9.17, 15) is 0 Å². The average Bonchev–Trinajstić information content (AvgIpc) is 2.76. The highest BCUT2D eigenvalue weighted by Crippen LogP contribution is 2.37. The maximum Gasteiger partial charge on any atom is 0.145 e. The molecule has 4 aromatic rings. The molecule has 0 fully saturated rings. The molecule has 166 valence electrons. The lowest BCUT2D eigenvalue weighted by molar-refractivity contribution is 0.414. The summed E-state index contributed by atoms with van der Waals surface area (Å²) >= 11 is 0. The molecule has 0 aliphatic heterocycles. The van der Waals surface area contributed by atoms with Crippen LogP contribution in [0.2, 0.25) is 0 Å². The molecule has 0 bridgehead atoms. The van der Waals surface area contributed by atoms with Gasteiger partial charge in [-0.3, -0.25) is 0 Å². The number of ether oxygens (including phenoxy) is 2. The quantitative estimate of drug-likeness (QED) is 0.422. The zero-order valence-corrected chi connectivity index (χ0v) is 19.9. The Morgan fingerprint density at radius 2 is 1.44 bits per heavy atom. The molecule has 6 nitrogen and oxygen atoms in total. The van der Waals surface area contributed by atoms with Gasteiger partial charge in [-0.1, -0.05) is 46.8 Å². The van der Waals surface area contributed by atoms with Gasteiger partial charge in [-0.15, -0.1) is 0 Å². The van der Waals surface area contributed by atoms with Crippen molar-refractivity contribution in [3.8, 4) is 11.5 Å². The van der Waals surface area contributed by atoms with Crippen molar-refractivity contribution < 1.29 is 9.47 Å².